The summed E-state index contributed by atoms with van der Waals surface area (Å²) in [5, 5.41) is 10.9. The van der Waals surface area contributed by atoms with Gasteiger partial charge in [0.15, 0.2) is 0 Å². The van der Waals surface area contributed by atoms with Gasteiger partial charge in [-0.1, -0.05) is 34.6 Å². The molecule has 0 aromatic rings. The minimum Gasteiger partial charge on any atom is -0.336 e. The highest BCUT2D eigenvalue weighted by molar-refractivity contribution is 7.90. The molecule has 0 spiro atoms. The smallest absolute Gasteiger partial charge is 0.315 e. The molecule has 0 saturated heterocycles. The maximum Gasteiger partial charge on any atom is 0.315 e. The first-order valence-corrected chi connectivity index (χ1v) is 17.5. The summed E-state index contributed by atoms with van der Waals surface area (Å²) in [5.74, 6) is 0.474. The molecule has 258 valence electrons. The fourth-order valence-corrected chi connectivity index (χ4v) is 4.48. The van der Waals surface area contributed by atoms with Crippen molar-refractivity contribution in [3.05, 3.63) is 0 Å². The van der Waals surface area contributed by atoms with Gasteiger partial charge >= 0.3 is 12.1 Å². The molecule has 5 amide bonds. The van der Waals surface area contributed by atoms with Gasteiger partial charge in [0.1, 0.15) is 5.78 Å². The van der Waals surface area contributed by atoms with Gasteiger partial charge in [-0.3, -0.25) is 14.3 Å². The Bertz CT molecular complexity index is 1010. The van der Waals surface area contributed by atoms with Gasteiger partial charge in [-0.05, 0) is 99.8 Å². The number of nitrogens with one attached hydrogen (secondary N) is 5. The molecule has 3 rings (SSSR count). The van der Waals surface area contributed by atoms with Crippen LogP contribution in [0.15, 0.2) is 0 Å². The third-order valence-corrected chi connectivity index (χ3v) is 7.88. The van der Waals surface area contributed by atoms with Gasteiger partial charge in [0, 0.05) is 40.9 Å². The second-order valence-electron chi connectivity index (χ2n) is 15.8. The Morgan fingerprint density at radius 3 is 1.48 bits per heavy atom. The van der Waals surface area contributed by atoms with E-state index in [2.05, 4.69) is 26.0 Å². The number of hydrogen-bond donors (Lipinski definition) is 5. The highest BCUT2D eigenvalue weighted by Crippen LogP contribution is 2.35. The molecule has 0 aromatic carbocycles. The number of ketones is 1. The van der Waals surface area contributed by atoms with Gasteiger partial charge in [-0.2, -0.15) is 0 Å². The van der Waals surface area contributed by atoms with Crippen LogP contribution in [-0.2, 0) is 19.6 Å². The van der Waals surface area contributed by atoms with Crippen LogP contribution in [0.4, 0.5) is 9.59 Å². The van der Waals surface area contributed by atoms with E-state index in [0.717, 1.165) is 25.2 Å². The minimum absolute atomic E-state index is 0.0417. The van der Waals surface area contributed by atoms with E-state index in [4.69, 9.17) is 0 Å². The van der Waals surface area contributed by atoms with Crippen molar-refractivity contribution in [2.75, 3.05) is 0 Å². The van der Waals surface area contributed by atoms with Crippen molar-refractivity contribution >= 4 is 33.8 Å². The fourth-order valence-electron chi connectivity index (χ4n) is 3.04. The lowest BCUT2D eigenvalue weighted by atomic mass is 9.88. The molecule has 0 aromatic heterocycles. The molecule has 3 aliphatic rings. The standard InChI is InChI=1S/C9H16O.C8H16N2O.C8H18N2O.C7H13NO3S/c1-9(2,3)8(10)6-7-4-5-7;1-8(2,3)10-7(11)9-6-4-5-6;1-6(2)9-7(11)10-8(3,4)5;1-5(2)7(9)8-12(10,11)6-3-4-6/h7H,4-6H2,1-3H3;6H,4-5H2,1-3H3,(H2,9,10,11);6H,1-5H3,(H2,9,10,11);5-6H,3-4H2,1-2H3,(H,8,9). The first-order valence-electron chi connectivity index (χ1n) is 16.0. The van der Waals surface area contributed by atoms with Gasteiger partial charge in [-0.25, -0.2) is 18.0 Å². The number of carbonyl (C=O) groups excluding carboxylic acids is 4. The monoisotopic (exact) mass is 645 g/mol. The van der Waals surface area contributed by atoms with Crippen LogP contribution >= 0.6 is 0 Å². The topological polar surface area (TPSA) is 163 Å². The van der Waals surface area contributed by atoms with Crippen molar-refractivity contribution in [3.8, 4) is 0 Å². The summed E-state index contributed by atoms with van der Waals surface area (Å²) < 4.78 is 24.4. The Hall–Kier alpha value is -2.37. The van der Waals surface area contributed by atoms with E-state index in [1.54, 1.807) is 13.8 Å². The average molecular weight is 646 g/mol. The van der Waals surface area contributed by atoms with Gasteiger partial charge in [0.05, 0.1) is 5.25 Å². The van der Waals surface area contributed by atoms with Crippen LogP contribution in [0.5, 0.6) is 0 Å². The molecule has 3 saturated carbocycles. The Morgan fingerprint density at radius 1 is 0.705 bits per heavy atom. The van der Waals surface area contributed by atoms with Crippen molar-refractivity contribution in [2.24, 2.45) is 17.3 Å². The zero-order valence-electron chi connectivity index (χ0n) is 29.7. The van der Waals surface area contributed by atoms with E-state index >= 15 is 0 Å². The molecule has 0 unspecified atom stereocenters. The molecule has 0 radical (unpaired) electrons. The summed E-state index contributed by atoms with van der Waals surface area (Å²) in [6.45, 7) is 25.0. The largest absolute Gasteiger partial charge is 0.336 e. The molecule has 11 nitrogen and oxygen atoms in total. The fraction of sp³-hybridized carbons (Fsp3) is 0.875. The van der Waals surface area contributed by atoms with Crippen LogP contribution in [0.2, 0.25) is 0 Å². The van der Waals surface area contributed by atoms with Crippen LogP contribution in [0.1, 0.15) is 135 Å². The summed E-state index contributed by atoms with van der Waals surface area (Å²) in [6, 6.07) is 0.488. The number of carbonyl (C=O) groups is 4. The molecule has 12 heteroatoms. The molecular formula is C32H63N5O6S. The number of Topliss-reactive ketones (excluding diaryl/α,β-unsaturated/α-hetero) is 1. The van der Waals surface area contributed by atoms with Crippen LogP contribution in [0, 0.1) is 17.3 Å². The lowest BCUT2D eigenvalue weighted by Crippen LogP contribution is -2.48. The normalized spacial score (nSPS) is 16.5. The molecule has 3 fully saturated rings. The van der Waals surface area contributed by atoms with Crippen molar-refractivity contribution < 1.29 is 27.6 Å². The zero-order valence-corrected chi connectivity index (χ0v) is 30.5. The molecule has 0 bridgehead atoms. The summed E-state index contributed by atoms with van der Waals surface area (Å²) >= 11 is 0. The van der Waals surface area contributed by atoms with Crippen molar-refractivity contribution in [1.82, 2.24) is 26.0 Å². The van der Waals surface area contributed by atoms with Crippen molar-refractivity contribution in [3.63, 3.8) is 0 Å². The number of hydrogen-bond acceptors (Lipinski definition) is 6. The predicted molar refractivity (Wildman–Crippen MR) is 178 cm³/mol. The molecule has 5 N–H and O–H groups in total. The lowest BCUT2D eigenvalue weighted by Gasteiger charge is -2.21. The highest BCUT2D eigenvalue weighted by atomic mass is 32.2. The number of urea groups is 2. The lowest BCUT2D eigenvalue weighted by molar-refractivity contribution is -0.126. The van der Waals surface area contributed by atoms with E-state index in [1.807, 2.05) is 76.2 Å². The minimum atomic E-state index is -3.33. The van der Waals surface area contributed by atoms with Crippen LogP contribution < -0.4 is 26.0 Å². The molecule has 0 atom stereocenters. The summed E-state index contributed by atoms with van der Waals surface area (Å²) in [5.41, 5.74) is -0.388. The Labute approximate surface area is 267 Å². The number of amides is 5. The molecule has 3 aliphatic carbocycles. The van der Waals surface area contributed by atoms with Crippen LogP contribution in [-0.4, -0.2) is 60.6 Å². The average Bonchev–Trinajstić information content (AvgIpc) is 3.61. The zero-order chi connectivity index (χ0) is 34.7. The van der Waals surface area contributed by atoms with Gasteiger partial charge < -0.3 is 21.3 Å². The van der Waals surface area contributed by atoms with Gasteiger partial charge in [0.25, 0.3) is 0 Å². The first kappa shape index (κ1) is 41.6. The summed E-state index contributed by atoms with van der Waals surface area (Å²) in [4.78, 5) is 44.4. The van der Waals surface area contributed by atoms with E-state index < -0.39 is 15.9 Å². The van der Waals surface area contributed by atoms with Crippen molar-refractivity contribution in [2.45, 2.75) is 163 Å². The van der Waals surface area contributed by atoms with E-state index in [9.17, 15) is 27.6 Å². The van der Waals surface area contributed by atoms with Gasteiger partial charge in [-0.15, -0.1) is 0 Å². The van der Waals surface area contributed by atoms with E-state index in [0.29, 0.717) is 24.7 Å². The second-order valence-corrected chi connectivity index (χ2v) is 17.8. The molecular weight excluding hydrogens is 582 g/mol. The number of rotatable bonds is 7. The van der Waals surface area contributed by atoms with Crippen LogP contribution in [0.25, 0.3) is 0 Å². The quantitative estimate of drug-likeness (QED) is 0.249. The molecule has 0 heterocycles. The SMILES string of the molecule is CC(C)(C)C(=O)CC1CC1.CC(C)(C)NC(=O)NC1CC1.CC(C)C(=O)NS(=O)(=O)C1CC1.CC(C)NC(=O)NC(C)(C)C. The van der Waals surface area contributed by atoms with Crippen molar-refractivity contribution in [1.29, 1.82) is 0 Å². The van der Waals surface area contributed by atoms with Gasteiger partial charge in [0.2, 0.25) is 15.9 Å². The van der Waals surface area contributed by atoms with E-state index in [-0.39, 0.29) is 45.8 Å². The Morgan fingerprint density at radius 2 is 1.16 bits per heavy atom. The highest BCUT2D eigenvalue weighted by Gasteiger charge is 2.37. The summed E-state index contributed by atoms with van der Waals surface area (Å²) in [7, 11) is -3.33. The summed E-state index contributed by atoms with van der Waals surface area (Å²) in [6.07, 6.45) is 7.02. The Balaban J connectivity index is 0.000000561. The first-order chi connectivity index (χ1) is 19.7. The number of sulfonamides is 1. The van der Waals surface area contributed by atoms with E-state index in [1.165, 1.54) is 12.8 Å². The Kier molecular flexibility index (Phi) is 16.4. The molecule has 44 heavy (non-hydrogen) atoms. The second kappa shape index (κ2) is 17.4. The third kappa shape index (κ3) is 24.0. The predicted octanol–water partition coefficient (Wildman–Crippen LogP) is 5.39. The third-order valence-electron chi connectivity index (χ3n) is 6.05. The maximum absolute atomic E-state index is 11.3. The van der Waals surface area contributed by atoms with Crippen LogP contribution in [0.3, 0.4) is 0 Å². The maximum atomic E-state index is 11.3. The molecule has 0 aliphatic heterocycles.